The van der Waals surface area contributed by atoms with Crippen molar-refractivity contribution in [1.82, 2.24) is 19.6 Å². The summed E-state index contributed by atoms with van der Waals surface area (Å²) < 4.78 is 7.30. The zero-order valence-corrected chi connectivity index (χ0v) is 10.7. The summed E-state index contributed by atoms with van der Waals surface area (Å²) in [6, 6.07) is 0. The van der Waals surface area contributed by atoms with E-state index in [1.165, 1.54) is 6.33 Å². The van der Waals surface area contributed by atoms with Crippen LogP contribution in [0.5, 0.6) is 5.88 Å². The van der Waals surface area contributed by atoms with Gasteiger partial charge < -0.3 is 4.74 Å². The lowest BCUT2D eigenvalue weighted by Crippen LogP contribution is -2.06. The minimum absolute atomic E-state index is 0.413. The second-order valence-corrected chi connectivity index (χ2v) is 4.22. The van der Waals surface area contributed by atoms with Crippen LogP contribution in [-0.4, -0.2) is 26.2 Å². The van der Waals surface area contributed by atoms with Crippen molar-refractivity contribution in [3.8, 4) is 5.88 Å². The highest BCUT2D eigenvalue weighted by Gasteiger charge is 2.12. The molecule has 92 valence electrons. The highest BCUT2D eigenvalue weighted by Crippen LogP contribution is 2.24. The summed E-state index contributed by atoms with van der Waals surface area (Å²) in [5, 5.41) is 4.49. The highest BCUT2D eigenvalue weighted by molar-refractivity contribution is 6.30. The summed E-state index contributed by atoms with van der Waals surface area (Å²) in [5.41, 5.74) is 0.793. The lowest BCUT2D eigenvalue weighted by atomic mass is 10.3. The lowest BCUT2D eigenvalue weighted by molar-refractivity contribution is 0.285. The van der Waals surface area contributed by atoms with Gasteiger partial charge in [0.25, 0.3) is 5.78 Å². The largest absolute Gasteiger partial charge is 0.477 e. The lowest BCUT2D eigenvalue weighted by Gasteiger charge is -2.10. The molecule has 5 nitrogen and oxygen atoms in total. The van der Waals surface area contributed by atoms with E-state index in [4.69, 9.17) is 16.3 Å². The summed E-state index contributed by atoms with van der Waals surface area (Å²) in [6.07, 6.45) is 4.78. The second-order valence-electron chi connectivity index (χ2n) is 3.86. The minimum Gasteiger partial charge on any atom is -0.477 e. The Hall–Kier alpha value is -1.36. The summed E-state index contributed by atoms with van der Waals surface area (Å²) in [7, 11) is 0. The van der Waals surface area contributed by atoms with Gasteiger partial charge in [0.1, 0.15) is 11.5 Å². The summed E-state index contributed by atoms with van der Waals surface area (Å²) >= 11 is 6.02. The van der Waals surface area contributed by atoms with Crippen molar-refractivity contribution < 1.29 is 4.74 Å². The smallest absolute Gasteiger partial charge is 0.256 e. The molecule has 2 rings (SSSR count). The van der Waals surface area contributed by atoms with Crippen molar-refractivity contribution >= 4 is 17.4 Å². The summed E-state index contributed by atoms with van der Waals surface area (Å²) in [6.45, 7) is 4.68. The molecule has 0 unspecified atom stereocenters. The Morgan fingerprint density at radius 2 is 2.24 bits per heavy atom. The minimum atomic E-state index is 0.413. The highest BCUT2D eigenvalue weighted by atomic mass is 35.5. The fourth-order valence-corrected chi connectivity index (χ4v) is 1.72. The molecule has 0 spiro atoms. The van der Waals surface area contributed by atoms with Gasteiger partial charge in [0.2, 0.25) is 5.88 Å². The molecule has 6 heteroatoms. The Morgan fingerprint density at radius 1 is 1.41 bits per heavy atom. The maximum Gasteiger partial charge on any atom is 0.256 e. The maximum atomic E-state index is 6.02. The molecule has 0 bridgehead atoms. The number of halogens is 1. The van der Waals surface area contributed by atoms with Gasteiger partial charge >= 0.3 is 0 Å². The predicted molar refractivity (Wildman–Crippen MR) is 65.5 cm³/mol. The SMILES string of the molecule is CCCCCOc1c(C)c(Cl)nc2ncnn12. The van der Waals surface area contributed by atoms with E-state index in [0.717, 1.165) is 24.8 Å². The number of ether oxygens (including phenoxy) is 1. The number of unbranched alkanes of at least 4 members (excludes halogenated alkanes) is 2. The molecule has 0 saturated heterocycles. The van der Waals surface area contributed by atoms with Gasteiger partial charge in [-0.25, -0.2) is 0 Å². The van der Waals surface area contributed by atoms with Crippen LogP contribution in [0.2, 0.25) is 5.15 Å². The molecular weight excluding hydrogens is 240 g/mol. The molecule has 0 saturated carbocycles. The molecule has 0 radical (unpaired) electrons. The number of hydrogen-bond donors (Lipinski definition) is 0. The molecule has 2 aromatic heterocycles. The fraction of sp³-hybridized carbons (Fsp3) is 0.545. The molecule has 0 atom stereocenters. The fourth-order valence-electron chi connectivity index (χ4n) is 1.56. The van der Waals surface area contributed by atoms with E-state index < -0.39 is 0 Å². The first kappa shape index (κ1) is 12.1. The van der Waals surface area contributed by atoms with Gasteiger partial charge in [-0.2, -0.15) is 19.6 Å². The Morgan fingerprint density at radius 3 is 3.00 bits per heavy atom. The molecule has 0 N–H and O–H groups in total. The molecule has 0 fully saturated rings. The van der Waals surface area contributed by atoms with Crippen LogP contribution in [0, 0.1) is 6.92 Å². The van der Waals surface area contributed by atoms with Crippen LogP contribution in [0.15, 0.2) is 6.33 Å². The van der Waals surface area contributed by atoms with Crippen molar-refractivity contribution in [2.45, 2.75) is 33.1 Å². The van der Waals surface area contributed by atoms with Gasteiger partial charge in [-0.3, -0.25) is 0 Å². The van der Waals surface area contributed by atoms with Gasteiger partial charge in [-0.1, -0.05) is 31.4 Å². The van der Waals surface area contributed by atoms with E-state index in [2.05, 4.69) is 22.0 Å². The Kier molecular flexibility index (Phi) is 3.78. The molecular formula is C11H15ClN4O. The molecule has 0 amide bonds. The quantitative estimate of drug-likeness (QED) is 0.608. The third-order valence-electron chi connectivity index (χ3n) is 2.54. The van der Waals surface area contributed by atoms with Crippen molar-refractivity contribution in [3.05, 3.63) is 17.0 Å². The van der Waals surface area contributed by atoms with E-state index in [1.807, 2.05) is 6.92 Å². The predicted octanol–water partition coefficient (Wildman–Crippen LogP) is 2.66. The topological polar surface area (TPSA) is 52.3 Å². The molecule has 0 aromatic carbocycles. The van der Waals surface area contributed by atoms with Crippen LogP contribution >= 0.6 is 11.6 Å². The number of nitrogens with zero attached hydrogens (tertiary/aromatic N) is 4. The third-order valence-corrected chi connectivity index (χ3v) is 2.91. The molecule has 17 heavy (non-hydrogen) atoms. The third kappa shape index (κ3) is 2.49. The number of hydrogen-bond acceptors (Lipinski definition) is 4. The van der Waals surface area contributed by atoms with Crippen molar-refractivity contribution in [1.29, 1.82) is 0 Å². The normalized spacial score (nSPS) is 11.0. The van der Waals surface area contributed by atoms with Crippen LogP contribution in [0.3, 0.4) is 0 Å². The van der Waals surface area contributed by atoms with Crippen LogP contribution in [0.25, 0.3) is 5.78 Å². The van der Waals surface area contributed by atoms with Gasteiger partial charge in [-0.15, -0.1) is 0 Å². The number of rotatable bonds is 5. The van der Waals surface area contributed by atoms with Crippen LogP contribution in [0.1, 0.15) is 31.7 Å². The van der Waals surface area contributed by atoms with Crippen molar-refractivity contribution in [3.63, 3.8) is 0 Å². The number of fused-ring (bicyclic) bond motifs is 1. The Balaban J connectivity index is 2.24. The first-order valence-corrected chi connectivity index (χ1v) is 6.10. The zero-order chi connectivity index (χ0) is 12.3. The van der Waals surface area contributed by atoms with E-state index in [9.17, 15) is 0 Å². The maximum absolute atomic E-state index is 6.02. The van der Waals surface area contributed by atoms with E-state index in [-0.39, 0.29) is 0 Å². The summed E-state index contributed by atoms with van der Waals surface area (Å²) in [5.74, 6) is 1.10. The second kappa shape index (κ2) is 5.31. The Labute approximate surface area is 105 Å². The van der Waals surface area contributed by atoms with E-state index >= 15 is 0 Å². The van der Waals surface area contributed by atoms with Crippen LogP contribution in [0.4, 0.5) is 0 Å². The average Bonchev–Trinajstić information content (AvgIpc) is 2.76. The van der Waals surface area contributed by atoms with Gasteiger partial charge in [0.15, 0.2) is 0 Å². The Bertz CT molecular complexity index is 511. The first-order chi connectivity index (χ1) is 8.24. The monoisotopic (exact) mass is 254 g/mol. The van der Waals surface area contributed by atoms with Crippen molar-refractivity contribution in [2.24, 2.45) is 0 Å². The zero-order valence-electron chi connectivity index (χ0n) is 9.98. The standard InChI is InChI=1S/C11H15ClN4O/c1-3-4-5-6-17-10-8(2)9(12)15-11-13-7-14-16(10)11/h7H,3-6H2,1-2H3. The molecule has 0 aliphatic rings. The van der Waals surface area contributed by atoms with E-state index in [1.54, 1.807) is 4.52 Å². The van der Waals surface area contributed by atoms with Gasteiger partial charge in [0.05, 0.1) is 6.61 Å². The van der Waals surface area contributed by atoms with Gasteiger partial charge in [0, 0.05) is 5.56 Å². The molecule has 0 aliphatic carbocycles. The van der Waals surface area contributed by atoms with Crippen LogP contribution in [-0.2, 0) is 0 Å². The molecule has 0 aliphatic heterocycles. The van der Waals surface area contributed by atoms with Crippen molar-refractivity contribution in [2.75, 3.05) is 6.61 Å². The van der Waals surface area contributed by atoms with E-state index in [0.29, 0.717) is 23.4 Å². The van der Waals surface area contributed by atoms with Gasteiger partial charge in [-0.05, 0) is 13.3 Å². The molecule has 2 aromatic rings. The number of aromatic nitrogens is 4. The first-order valence-electron chi connectivity index (χ1n) is 5.72. The molecule has 2 heterocycles. The summed E-state index contributed by atoms with van der Waals surface area (Å²) in [4.78, 5) is 8.12. The van der Waals surface area contributed by atoms with Crippen LogP contribution < -0.4 is 4.74 Å². The average molecular weight is 255 g/mol.